The minimum absolute atomic E-state index is 0.247. The fraction of sp³-hybridized carbons (Fsp3) is 0.286. The second-order valence-corrected chi connectivity index (χ2v) is 4.10. The van der Waals surface area contributed by atoms with Crippen LogP contribution in [0.2, 0.25) is 0 Å². The molecule has 1 heterocycles. The Labute approximate surface area is 96.3 Å². The van der Waals surface area contributed by atoms with Gasteiger partial charge in [-0.25, -0.2) is 0 Å². The number of hydrogen-bond donors (Lipinski definition) is 1. The van der Waals surface area contributed by atoms with Crippen LogP contribution in [0, 0.1) is 6.92 Å². The Hall–Kier alpha value is -1.54. The minimum atomic E-state index is 0.247. The van der Waals surface area contributed by atoms with E-state index in [1.807, 2.05) is 12.1 Å². The highest BCUT2D eigenvalue weighted by atomic mass is 16.3. The number of aryl methyl sites for hydroxylation is 1. The van der Waals surface area contributed by atoms with E-state index in [0.29, 0.717) is 0 Å². The summed E-state index contributed by atoms with van der Waals surface area (Å²) in [6.07, 6.45) is 1.71. The van der Waals surface area contributed by atoms with Crippen LogP contribution in [-0.4, -0.2) is 0 Å². The van der Waals surface area contributed by atoms with Gasteiger partial charge >= 0.3 is 0 Å². The summed E-state index contributed by atoms with van der Waals surface area (Å²) in [6, 6.07) is 12.7. The normalized spacial score (nSPS) is 12.6. The second-order valence-electron chi connectivity index (χ2n) is 4.10. The summed E-state index contributed by atoms with van der Waals surface area (Å²) in [6.45, 7) is 5.07. The molecule has 0 bridgehead atoms. The zero-order valence-corrected chi connectivity index (χ0v) is 9.73. The van der Waals surface area contributed by atoms with Crippen molar-refractivity contribution in [2.45, 2.75) is 26.4 Å². The molecule has 0 saturated heterocycles. The molecule has 0 amide bonds. The first kappa shape index (κ1) is 11.0. The molecule has 0 radical (unpaired) electrons. The number of furan rings is 1. The smallest absolute Gasteiger partial charge is 0.120 e. The summed E-state index contributed by atoms with van der Waals surface area (Å²) >= 11 is 0. The number of rotatable bonds is 4. The topological polar surface area (TPSA) is 25.2 Å². The van der Waals surface area contributed by atoms with E-state index in [1.54, 1.807) is 6.26 Å². The van der Waals surface area contributed by atoms with Crippen molar-refractivity contribution in [1.29, 1.82) is 0 Å². The molecule has 16 heavy (non-hydrogen) atoms. The maximum Gasteiger partial charge on any atom is 0.120 e. The molecule has 2 rings (SSSR count). The molecule has 2 heteroatoms. The number of benzene rings is 1. The molecular formula is C14H17NO. The SMILES string of the molecule is Cc1ccc(CN[C@@H](C)c2ccco2)cc1. The lowest BCUT2D eigenvalue weighted by atomic mass is 10.1. The number of hydrogen-bond acceptors (Lipinski definition) is 2. The highest BCUT2D eigenvalue weighted by molar-refractivity contribution is 5.21. The van der Waals surface area contributed by atoms with Gasteiger partial charge in [0.05, 0.1) is 12.3 Å². The van der Waals surface area contributed by atoms with Crippen LogP contribution in [0.15, 0.2) is 47.1 Å². The van der Waals surface area contributed by atoms with Crippen LogP contribution in [-0.2, 0) is 6.54 Å². The van der Waals surface area contributed by atoms with Gasteiger partial charge in [0.1, 0.15) is 5.76 Å². The summed E-state index contributed by atoms with van der Waals surface area (Å²) in [4.78, 5) is 0. The average Bonchev–Trinajstić information content (AvgIpc) is 2.81. The van der Waals surface area contributed by atoms with E-state index in [2.05, 4.69) is 43.4 Å². The molecule has 0 spiro atoms. The van der Waals surface area contributed by atoms with Crippen LogP contribution >= 0.6 is 0 Å². The van der Waals surface area contributed by atoms with Gasteiger partial charge in [-0.2, -0.15) is 0 Å². The van der Waals surface area contributed by atoms with Crippen LogP contribution in [0.3, 0.4) is 0 Å². The van der Waals surface area contributed by atoms with Crippen LogP contribution in [0.1, 0.15) is 29.9 Å². The van der Waals surface area contributed by atoms with E-state index in [9.17, 15) is 0 Å². The van der Waals surface area contributed by atoms with Gasteiger partial charge in [-0.15, -0.1) is 0 Å². The zero-order valence-electron chi connectivity index (χ0n) is 9.73. The maximum absolute atomic E-state index is 5.34. The van der Waals surface area contributed by atoms with Crippen molar-refractivity contribution in [1.82, 2.24) is 5.32 Å². The molecule has 0 unspecified atom stereocenters. The lowest BCUT2D eigenvalue weighted by Gasteiger charge is -2.11. The third-order valence-corrected chi connectivity index (χ3v) is 2.70. The highest BCUT2D eigenvalue weighted by Crippen LogP contribution is 2.13. The average molecular weight is 215 g/mol. The van der Waals surface area contributed by atoms with Crippen molar-refractivity contribution in [2.24, 2.45) is 0 Å². The first-order valence-corrected chi connectivity index (χ1v) is 5.58. The monoisotopic (exact) mass is 215 g/mol. The highest BCUT2D eigenvalue weighted by Gasteiger charge is 2.06. The Bertz CT molecular complexity index is 417. The lowest BCUT2D eigenvalue weighted by molar-refractivity contribution is 0.430. The maximum atomic E-state index is 5.34. The molecular weight excluding hydrogens is 198 g/mol. The van der Waals surface area contributed by atoms with Gasteiger partial charge in [-0.3, -0.25) is 0 Å². The van der Waals surface area contributed by atoms with Gasteiger partial charge in [0, 0.05) is 6.54 Å². The molecule has 84 valence electrons. The van der Waals surface area contributed by atoms with E-state index >= 15 is 0 Å². The minimum Gasteiger partial charge on any atom is -0.468 e. The summed E-state index contributed by atoms with van der Waals surface area (Å²) in [5, 5.41) is 3.43. The van der Waals surface area contributed by atoms with E-state index < -0.39 is 0 Å². The Kier molecular flexibility index (Phi) is 3.42. The second kappa shape index (κ2) is 4.99. The van der Waals surface area contributed by atoms with Crippen LogP contribution < -0.4 is 5.32 Å². The zero-order chi connectivity index (χ0) is 11.4. The van der Waals surface area contributed by atoms with E-state index in [-0.39, 0.29) is 6.04 Å². The van der Waals surface area contributed by atoms with Gasteiger partial charge in [-0.1, -0.05) is 29.8 Å². The van der Waals surface area contributed by atoms with Gasteiger partial charge in [0.25, 0.3) is 0 Å². The van der Waals surface area contributed by atoms with E-state index in [4.69, 9.17) is 4.42 Å². The van der Waals surface area contributed by atoms with Crippen LogP contribution in [0.4, 0.5) is 0 Å². The fourth-order valence-electron chi connectivity index (χ4n) is 1.62. The number of nitrogens with one attached hydrogen (secondary N) is 1. The Morgan fingerprint density at radius 1 is 1.19 bits per heavy atom. The molecule has 1 atom stereocenters. The third kappa shape index (κ3) is 2.74. The van der Waals surface area contributed by atoms with Crippen molar-refractivity contribution in [2.75, 3.05) is 0 Å². The molecule has 1 aromatic heterocycles. The lowest BCUT2D eigenvalue weighted by Crippen LogP contribution is -2.17. The van der Waals surface area contributed by atoms with Gasteiger partial charge in [-0.05, 0) is 31.5 Å². The Morgan fingerprint density at radius 3 is 2.56 bits per heavy atom. The quantitative estimate of drug-likeness (QED) is 0.845. The van der Waals surface area contributed by atoms with Crippen LogP contribution in [0.5, 0.6) is 0 Å². The van der Waals surface area contributed by atoms with Crippen molar-refractivity contribution >= 4 is 0 Å². The predicted octanol–water partition coefficient (Wildman–Crippen LogP) is 3.44. The molecule has 0 aliphatic carbocycles. The predicted molar refractivity (Wildman–Crippen MR) is 65.1 cm³/mol. The summed E-state index contributed by atoms with van der Waals surface area (Å²) in [5.41, 5.74) is 2.59. The van der Waals surface area contributed by atoms with Crippen molar-refractivity contribution < 1.29 is 4.42 Å². The Morgan fingerprint density at radius 2 is 1.94 bits per heavy atom. The Balaban J connectivity index is 1.90. The third-order valence-electron chi connectivity index (χ3n) is 2.70. The van der Waals surface area contributed by atoms with Crippen LogP contribution in [0.25, 0.3) is 0 Å². The van der Waals surface area contributed by atoms with Crippen molar-refractivity contribution in [3.8, 4) is 0 Å². The summed E-state index contributed by atoms with van der Waals surface area (Å²) < 4.78 is 5.34. The summed E-state index contributed by atoms with van der Waals surface area (Å²) in [5.74, 6) is 0.979. The van der Waals surface area contributed by atoms with E-state index in [1.165, 1.54) is 11.1 Å². The first-order chi connectivity index (χ1) is 7.75. The van der Waals surface area contributed by atoms with E-state index in [0.717, 1.165) is 12.3 Å². The molecule has 0 aliphatic heterocycles. The largest absolute Gasteiger partial charge is 0.468 e. The molecule has 2 aromatic rings. The van der Waals surface area contributed by atoms with Gasteiger partial charge in [0.2, 0.25) is 0 Å². The molecule has 1 aromatic carbocycles. The van der Waals surface area contributed by atoms with Gasteiger partial charge in [0.15, 0.2) is 0 Å². The summed E-state index contributed by atoms with van der Waals surface area (Å²) in [7, 11) is 0. The first-order valence-electron chi connectivity index (χ1n) is 5.58. The molecule has 0 saturated carbocycles. The molecule has 0 aliphatic rings. The molecule has 1 N–H and O–H groups in total. The molecule has 0 fully saturated rings. The standard InChI is InChI=1S/C14H17NO/c1-11-5-7-13(8-6-11)10-15-12(2)14-4-3-9-16-14/h3-9,12,15H,10H2,1-2H3/t12-/m0/s1. The fourth-order valence-corrected chi connectivity index (χ4v) is 1.62. The molecule has 2 nitrogen and oxygen atoms in total. The van der Waals surface area contributed by atoms with Crippen molar-refractivity contribution in [3.05, 3.63) is 59.5 Å². The van der Waals surface area contributed by atoms with Gasteiger partial charge < -0.3 is 9.73 Å². The van der Waals surface area contributed by atoms with Crippen molar-refractivity contribution in [3.63, 3.8) is 0 Å².